The fourth-order valence-electron chi connectivity index (χ4n) is 2.86. The van der Waals surface area contributed by atoms with Gasteiger partial charge in [0.05, 0.1) is 10.4 Å². The maximum absolute atomic E-state index is 12.7. The molecule has 1 amide bonds. The van der Waals surface area contributed by atoms with Crippen LogP contribution in [0.1, 0.15) is 23.7 Å². The molecule has 0 saturated carbocycles. The molecule has 1 atom stereocenters. The zero-order valence-electron chi connectivity index (χ0n) is 13.2. The number of carbonyl (C=O) groups excluding carboxylic acids is 1. The Kier molecular flexibility index (Phi) is 4.03. The van der Waals surface area contributed by atoms with Crippen molar-refractivity contribution in [3.63, 3.8) is 0 Å². The van der Waals surface area contributed by atoms with Gasteiger partial charge in [0.15, 0.2) is 5.82 Å². The first-order valence-electron chi connectivity index (χ1n) is 7.77. The van der Waals surface area contributed by atoms with Crippen molar-refractivity contribution in [1.82, 2.24) is 10.1 Å². The Morgan fingerprint density at radius 2 is 1.96 bits per heavy atom. The molecule has 2 aromatic heterocycles. The predicted molar refractivity (Wildman–Crippen MR) is 88.8 cm³/mol. The lowest BCUT2D eigenvalue weighted by Crippen LogP contribution is -2.24. The number of hydrogen-bond donors (Lipinski definition) is 0. The molecule has 0 bridgehead atoms. The standard InChI is InChI=1S/C17H12F3N3O2S/c18-17(19,20)11-3-5-12(6-4-11)23-9-10(8-14(23)24)15-21-16(25-22-15)13-2-1-7-26-13/h1-7,10H,8-9H2. The maximum Gasteiger partial charge on any atom is 0.416 e. The molecule has 3 aromatic rings. The summed E-state index contributed by atoms with van der Waals surface area (Å²) < 4.78 is 43.3. The number of thiophene rings is 1. The fourth-order valence-corrected chi connectivity index (χ4v) is 3.51. The van der Waals surface area contributed by atoms with Crippen LogP contribution in [-0.2, 0) is 11.0 Å². The molecule has 0 aliphatic carbocycles. The number of hydrogen-bond acceptors (Lipinski definition) is 5. The fraction of sp³-hybridized carbons (Fsp3) is 0.235. The Labute approximate surface area is 150 Å². The highest BCUT2D eigenvalue weighted by Crippen LogP contribution is 2.34. The maximum atomic E-state index is 12.7. The molecule has 0 N–H and O–H groups in total. The molecule has 134 valence electrons. The van der Waals surface area contributed by atoms with Crippen LogP contribution in [0.3, 0.4) is 0 Å². The number of aromatic nitrogens is 2. The van der Waals surface area contributed by atoms with E-state index in [1.54, 1.807) is 0 Å². The van der Waals surface area contributed by atoms with Crippen molar-refractivity contribution in [2.75, 3.05) is 11.4 Å². The number of halogens is 3. The molecular formula is C17H12F3N3O2S. The van der Waals surface area contributed by atoms with E-state index in [9.17, 15) is 18.0 Å². The van der Waals surface area contributed by atoms with Crippen LogP contribution in [0.15, 0.2) is 46.3 Å². The summed E-state index contributed by atoms with van der Waals surface area (Å²) in [7, 11) is 0. The molecule has 1 saturated heterocycles. The van der Waals surface area contributed by atoms with E-state index < -0.39 is 11.7 Å². The summed E-state index contributed by atoms with van der Waals surface area (Å²) in [4.78, 5) is 18.9. The Morgan fingerprint density at radius 1 is 1.19 bits per heavy atom. The second kappa shape index (κ2) is 6.24. The summed E-state index contributed by atoms with van der Waals surface area (Å²) in [6, 6.07) is 8.27. The van der Waals surface area contributed by atoms with E-state index in [1.165, 1.54) is 28.4 Å². The van der Waals surface area contributed by atoms with Crippen molar-refractivity contribution >= 4 is 22.9 Å². The lowest BCUT2D eigenvalue weighted by Gasteiger charge is -2.17. The topological polar surface area (TPSA) is 59.2 Å². The molecule has 1 aromatic carbocycles. The lowest BCUT2D eigenvalue weighted by molar-refractivity contribution is -0.137. The minimum atomic E-state index is -4.40. The van der Waals surface area contributed by atoms with Gasteiger partial charge in [-0.05, 0) is 35.7 Å². The third kappa shape index (κ3) is 3.10. The highest BCUT2D eigenvalue weighted by Gasteiger charge is 2.35. The molecule has 1 aliphatic rings. The van der Waals surface area contributed by atoms with Gasteiger partial charge >= 0.3 is 6.18 Å². The summed E-state index contributed by atoms with van der Waals surface area (Å²) in [5, 5.41) is 5.85. The molecule has 26 heavy (non-hydrogen) atoms. The number of anilines is 1. The zero-order valence-corrected chi connectivity index (χ0v) is 14.0. The third-order valence-corrected chi connectivity index (χ3v) is 5.03. The zero-order chi connectivity index (χ0) is 18.3. The Bertz CT molecular complexity index is 920. The van der Waals surface area contributed by atoms with Crippen molar-refractivity contribution in [2.45, 2.75) is 18.5 Å². The Hall–Kier alpha value is -2.68. The number of nitrogens with zero attached hydrogens (tertiary/aromatic N) is 3. The van der Waals surface area contributed by atoms with Crippen LogP contribution in [0, 0.1) is 0 Å². The van der Waals surface area contributed by atoms with Gasteiger partial charge in [-0.2, -0.15) is 18.2 Å². The summed E-state index contributed by atoms with van der Waals surface area (Å²) in [5.41, 5.74) is -0.323. The number of amides is 1. The van der Waals surface area contributed by atoms with Crippen LogP contribution >= 0.6 is 11.3 Å². The van der Waals surface area contributed by atoms with Gasteiger partial charge in [0.2, 0.25) is 5.91 Å². The molecule has 4 rings (SSSR count). The number of carbonyl (C=O) groups is 1. The van der Waals surface area contributed by atoms with E-state index in [0.29, 0.717) is 23.9 Å². The quantitative estimate of drug-likeness (QED) is 0.679. The van der Waals surface area contributed by atoms with Gasteiger partial charge in [0.25, 0.3) is 5.89 Å². The second-order valence-corrected chi connectivity index (χ2v) is 6.83. The van der Waals surface area contributed by atoms with Gasteiger partial charge in [-0.3, -0.25) is 4.79 Å². The number of rotatable bonds is 3. The average molecular weight is 379 g/mol. The largest absolute Gasteiger partial charge is 0.416 e. The highest BCUT2D eigenvalue weighted by molar-refractivity contribution is 7.13. The minimum absolute atomic E-state index is 0.183. The van der Waals surface area contributed by atoms with Gasteiger partial charge in [-0.25, -0.2) is 0 Å². The first kappa shape index (κ1) is 16.8. The third-order valence-electron chi connectivity index (χ3n) is 4.17. The van der Waals surface area contributed by atoms with E-state index in [2.05, 4.69) is 10.1 Å². The van der Waals surface area contributed by atoms with Crippen LogP contribution in [0.2, 0.25) is 0 Å². The minimum Gasteiger partial charge on any atom is -0.333 e. The SMILES string of the molecule is O=C1CC(c2noc(-c3cccs3)n2)CN1c1ccc(C(F)(F)F)cc1. The smallest absolute Gasteiger partial charge is 0.333 e. The number of alkyl halides is 3. The summed E-state index contributed by atoms with van der Waals surface area (Å²) in [6.07, 6.45) is -4.22. The Morgan fingerprint density at radius 3 is 2.62 bits per heavy atom. The summed E-state index contributed by atoms with van der Waals surface area (Å²) in [5.74, 6) is 0.381. The molecule has 0 radical (unpaired) electrons. The van der Waals surface area contributed by atoms with Gasteiger partial charge < -0.3 is 9.42 Å². The van der Waals surface area contributed by atoms with Gasteiger partial charge in [0, 0.05) is 24.6 Å². The first-order valence-corrected chi connectivity index (χ1v) is 8.65. The van der Waals surface area contributed by atoms with E-state index >= 15 is 0 Å². The second-order valence-electron chi connectivity index (χ2n) is 5.89. The predicted octanol–water partition coefficient (Wildman–Crippen LogP) is 4.34. The average Bonchev–Trinajstić information content (AvgIpc) is 3.34. The molecule has 1 fully saturated rings. The molecule has 1 unspecified atom stereocenters. The van der Waals surface area contributed by atoms with Gasteiger partial charge in [-0.15, -0.1) is 11.3 Å². The van der Waals surface area contributed by atoms with E-state index in [0.717, 1.165) is 17.0 Å². The summed E-state index contributed by atoms with van der Waals surface area (Å²) >= 11 is 1.47. The van der Waals surface area contributed by atoms with Crippen LogP contribution in [0.5, 0.6) is 0 Å². The first-order chi connectivity index (χ1) is 12.4. The lowest BCUT2D eigenvalue weighted by atomic mass is 10.1. The monoisotopic (exact) mass is 379 g/mol. The van der Waals surface area contributed by atoms with Crippen molar-refractivity contribution in [1.29, 1.82) is 0 Å². The molecule has 9 heteroatoms. The summed E-state index contributed by atoms with van der Waals surface area (Å²) in [6.45, 7) is 0.299. The van der Waals surface area contributed by atoms with E-state index in [1.807, 2.05) is 17.5 Å². The highest BCUT2D eigenvalue weighted by atomic mass is 32.1. The molecule has 1 aliphatic heterocycles. The molecule has 0 spiro atoms. The number of benzene rings is 1. The normalized spacial score (nSPS) is 17.9. The van der Waals surface area contributed by atoms with Gasteiger partial charge in [0.1, 0.15) is 0 Å². The van der Waals surface area contributed by atoms with E-state index in [4.69, 9.17) is 4.52 Å². The molecule has 5 nitrogen and oxygen atoms in total. The molecular weight excluding hydrogens is 367 g/mol. The van der Waals surface area contributed by atoms with Crippen molar-refractivity contribution < 1.29 is 22.5 Å². The van der Waals surface area contributed by atoms with Crippen molar-refractivity contribution in [3.05, 3.63) is 53.2 Å². The van der Waals surface area contributed by atoms with E-state index in [-0.39, 0.29) is 18.2 Å². The van der Waals surface area contributed by atoms with Gasteiger partial charge in [-0.1, -0.05) is 11.2 Å². The molecule has 3 heterocycles. The van der Waals surface area contributed by atoms with Crippen molar-refractivity contribution in [2.24, 2.45) is 0 Å². The van der Waals surface area contributed by atoms with Crippen molar-refractivity contribution in [3.8, 4) is 10.8 Å². The van der Waals surface area contributed by atoms with Crippen LogP contribution < -0.4 is 4.90 Å². The Balaban J connectivity index is 1.52. The van der Waals surface area contributed by atoms with Crippen LogP contribution in [-0.4, -0.2) is 22.6 Å². The van der Waals surface area contributed by atoms with Crippen LogP contribution in [0.4, 0.5) is 18.9 Å². The van der Waals surface area contributed by atoms with Crippen LogP contribution in [0.25, 0.3) is 10.8 Å².